The monoisotopic (exact) mass is 300 g/mol. The van der Waals surface area contributed by atoms with Crippen LogP contribution in [0.1, 0.15) is 21.5 Å². The topological polar surface area (TPSA) is 61.4 Å². The maximum atomic E-state index is 12.0. The second-order valence-electron chi connectivity index (χ2n) is 4.80. The molecule has 5 heteroatoms. The van der Waals surface area contributed by atoms with Gasteiger partial charge in [0.05, 0.1) is 5.69 Å². The predicted octanol–water partition coefficient (Wildman–Crippen LogP) is 3.14. The summed E-state index contributed by atoms with van der Waals surface area (Å²) in [6.07, 6.45) is 0. The van der Waals surface area contributed by atoms with E-state index in [4.69, 9.17) is 12.2 Å². The van der Waals surface area contributed by atoms with Crippen LogP contribution in [-0.4, -0.2) is 16.1 Å². The molecule has 1 amide bonds. The molecule has 0 aliphatic rings. The van der Waals surface area contributed by atoms with E-state index in [0.717, 1.165) is 11.1 Å². The molecule has 2 aromatic carbocycles. The molecule has 3 N–H and O–H groups in total. The molecule has 0 atom stereocenters. The van der Waals surface area contributed by atoms with Crippen LogP contribution < -0.4 is 10.6 Å². The number of rotatable bonds is 2. The highest BCUT2D eigenvalue weighted by atomic mass is 32.1. The summed E-state index contributed by atoms with van der Waals surface area (Å²) < 4.78 is 0. The smallest absolute Gasteiger partial charge is 0.257 e. The van der Waals surface area contributed by atoms with E-state index in [9.17, 15) is 9.90 Å². The molecule has 0 aliphatic heterocycles. The fourth-order valence-corrected chi connectivity index (χ4v) is 2.07. The molecule has 0 saturated carbocycles. The minimum atomic E-state index is -0.289. The number of carbonyl (C=O) groups excluding carboxylic acids is 1. The lowest BCUT2D eigenvalue weighted by Crippen LogP contribution is -2.34. The first-order chi connectivity index (χ1) is 9.95. The Morgan fingerprint density at radius 1 is 1.10 bits per heavy atom. The Hall–Kier alpha value is -2.40. The Bertz CT molecular complexity index is 698. The number of carbonyl (C=O) groups is 1. The number of aromatic hydroxyl groups is 1. The van der Waals surface area contributed by atoms with Gasteiger partial charge < -0.3 is 10.4 Å². The molecular formula is C16H16N2O2S. The van der Waals surface area contributed by atoms with E-state index < -0.39 is 0 Å². The lowest BCUT2D eigenvalue weighted by atomic mass is 10.1. The first kappa shape index (κ1) is 15.0. The molecule has 2 aromatic rings. The van der Waals surface area contributed by atoms with Gasteiger partial charge in [-0.1, -0.05) is 23.8 Å². The van der Waals surface area contributed by atoms with Crippen LogP contribution in [0.25, 0.3) is 0 Å². The van der Waals surface area contributed by atoms with E-state index in [-0.39, 0.29) is 16.8 Å². The number of nitrogens with one attached hydrogen (secondary N) is 2. The van der Waals surface area contributed by atoms with Crippen molar-refractivity contribution in [2.45, 2.75) is 13.8 Å². The van der Waals surface area contributed by atoms with Gasteiger partial charge in [-0.2, -0.15) is 0 Å². The number of phenolic OH excluding ortho intramolecular Hbond substituents is 1. The average Bonchev–Trinajstić information content (AvgIpc) is 2.42. The molecule has 0 radical (unpaired) electrons. The van der Waals surface area contributed by atoms with Gasteiger partial charge in [0.15, 0.2) is 5.11 Å². The largest absolute Gasteiger partial charge is 0.506 e. The number of thiocarbonyl (C=S) groups is 1. The third kappa shape index (κ3) is 4.03. The Morgan fingerprint density at radius 2 is 1.81 bits per heavy atom. The van der Waals surface area contributed by atoms with E-state index >= 15 is 0 Å². The predicted molar refractivity (Wildman–Crippen MR) is 87.7 cm³/mol. The van der Waals surface area contributed by atoms with Crippen LogP contribution in [0.15, 0.2) is 42.5 Å². The highest BCUT2D eigenvalue weighted by molar-refractivity contribution is 7.80. The van der Waals surface area contributed by atoms with Crippen LogP contribution in [-0.2, 0) is 0 Å². The second kappa shape index (κ2) is 6.37. The summed E-state index contributed by atoms with van der Waals surface area (Å²) in [6, 6.07) is 12.4. The minimum absolute atomic E-state index is 0.0853. The number of phenols is 1. The maximum Gasteiger partial charge on any atom is 0.257 e. The van der Waals surface area contributed by atoms with Crippen LogP contribution in [0.3, 0.4) is 0 Å². The van der Waals surface area contributed by atoms with Crippen molar-refractivity contribution in [1.29, 1.82) is 0 Å². The van der Waals surface area contributed by atoms with E-state index in [0.29, 0.717) is 11.3 Å². The first-order valence-corrected chi connectivity index (χ1v) is 6.85. The highest BCUT2D eigenvalue weighted by Gasteiger charge is 2.09. The summed E-state index contributed by atoms with van der Waals surface area (Å²) in [5.74, 6) is -0.204. The van der Waals surface area contributed by atoms with Crippen molar-refractivity contribution in [2.24, 2.45) is 0 Å². The summed E-state index contributed by atoms with van der Waals surface area (Å²) in [5, 5.41) is 15.3. The molecule has 0 heterocycles. The number of aryl methyl sites for hydroxylation is 2. The Balaban J connectivity index is 2.03. The van der Waals surface area contributed by atoms with Gasteiger partial charge in [-0.3, -0.25) is 10.1 Å². The molecule has 21 heavy (non-hydrogen) atoms. The van der Waals surface area contributed by atoms with Crippen molar-refractivity contribution >= 4 is 28.9 Å². The number of anilines is 1. The fourth-order valence-electron chi connectivity index (χ4n) is 1.86. The van der Waals surface area contributed by atoms with Crippen molar-refractivity contribution in [1.82, 2.24) is 5.32 Å². The molecular weight excluding hydrogens is 284 g/mol. The maximum absolute atomic E-state index is 12.0. The van der Waals surface area contributed by atoms with Crippen molar-refractivity contribution < 1.29 is 9.90 Å². The van der Waals surface area contributed by atoms with Gasteiger partial charge in [-0.25, -0.2) is 0 Å². The van der Waals surface area contributed by atoms with Crippen LogP contribution in [0, 0.1) is 13.8 Å². The summed E-state index contributed by atoms with van der Waals surface area (Å²) in [7, 11) is 0. The SMILES string of the molecule is Cc1cccc(C(=O)NC(=S)Nc2ccc(C)cc2O)c1. The standard InChI is InChI=1S/C16H16N2O2S/c1-10-4-3-5-12(8-10)15(20)18-16(21)17-13-7-6-11(2)9-14(13)19/h3-9,19H,1-2H3,(H2,17,18,20,21). The summed E-state index contributed by atoms with van der Waals surface area (Å²) in [5.41, 5.74) is 2.92. The van der Waals surface area contributed by atoms with E-state index in [1.54, 1.807) is 24.3 Å². The van der Waals surface area contributed by atoms with Gasteiger partial charge in [0.1, 0.15) is 5.75 Å². The lowest BCUT2D eigenvalue weighted by Gasteiger charge is -2.11. The van der Waals surface area contributed by atoms with Gasteiger partial charge in [0, 0.05) is 5.56 Å². The van der Waals surface area contributed by atoms with E-state index in [1.807, 2.05) is 32.0 Å². The molecule has 2 rings (SSSR count). The quantitative estimate of drug-likeness (QED) is 0.589. The van der Waals surface area contributed by atoms with Gasteiger partial charge in [0.2, 0.25) is 0 Å². The highest BCUT2D eigenvalue weighted by Crippen LogP contribution is 2.23. The zero-order chi connectivity index (χ0) is 15.4. The second-order valence-corrected chi connectivity index (χ2v) is 5.21. The molecule has 0 bridgehead atoms. The number of hydrogen-bond acceptors (Lipinski definition) is 3. The van der Waals surface area contributed by atoms with E-state index in [1.165, 1.54) is 0 Å². The zero-order valence-corrected chi connectivity index (χ0v) is 12.6. The van der Waals surface area contributed by atoms with Crippen LogP contribution in [0.2, 0.25) is 0 Å². The number of hydrogen-bond donors (Lipinski definition) is 3. The Kier molecular flexibility index (Phi) is 4.55. The third-order valence-corrected chi connectivity index (χ3v) is 3.11. The third-order valence-electron chi connectivity index (χ3n) is 2.91. The van der Waals surface area contributed by atoms with Crippen molar-refractivity contribution in [3.05, 3.63) is 59.2 Å². The normalized spacial score (nSPS) is 10.0. The Labute approximate surface area is 128 Å². The van der Waals surface area contributed by atoms with Crippen molar-refractivity contribution in [2.75, 3.05) is 5.32 Å². The van der Waals surface area contributed by atoms with Crippen LogP contribution >= 0.6 is 12.2 Å². The van der Waals surface area contributed by atoms with Gasteiger partial charge in [-0.05, 0) is 55.9 Å². The molecule has 0 aliphatic carbocycles. The number of benzene rings is 2. The van der Waals surface area contributed by atoms with Crippen molar-refractivity contribution in [3.8, 4) is 5.75 Å². The fraction of sp³-hybridized carbons (Fsp3) is 0.125. The van der Waals surface area contributed by atoms with Crippen LogP contribution in [0.5, 0.6) is 5.75 Å². The zero-order valence-electron chi connectivity index (χ0n) is 11.8. The van der Waals surface area contributed by atoms with E-state index in [2.05, 4.69) is 10.6 Å². The van der Waals surface area contributed by atoms with Crippen molar-refractivity contribution in [3.63, 3.8) is 0 Å². The Morgan fingerprint density at radius 3 is 2.48 bits per heavy atom. The molecule has 4 nitrogen and oxygen atoms in total. The molecule has 0 unspecified atom stereocenters. The minimum Gasteiger partial charge on any atom is -0.506 e. The average molecular weight is 300 g/mol. The summed E-state index contributed by atoms with van der Waals surface area (Å²) >= 11 is 5.08. The van der Waals surface area contributed by atoms with Gasteiger partial charge >= 0.3 is 0 Å². The molecule has 0 spiro atoms. The summed E-state index contributed by atoms with van der Waals surface area (Å²) in [6.45, 7) is 3.79. The van der Waals surface area contributed by atoms with Gasteiger partial charge in [0.25, 0.3) is 5.91 Å². The molecule has 0 saturated heterocycles. The molecule has 0 fully saturated rings. The van der Waals surface area contributed by atoms with Gasteiger partial charge in [-0.15, -0.1) is 0 Å². The lowest BCUT2D eigenvalue weighted by molar-refractivity contribution is 0.0977. The first-order valence-electron chi connectivity index (χ1n) is 6.44. The summed E-state index contributed by atoms with van der Waals surface area (Å²) in [4.78, 5) is 12.0. The van der Waals surface area contributed by atoms with Crippen LogP contribution in [0.4, 0.5) is 5.69 Å². The number of amides is 1. The molecule has 108 valence electrons. The molecule has 0 aromatic heterocycles.